The van der Waals surface area contributed by atoms with Crippen molar-refractivity contribution in [2.75, 3.05) is 11.4 Å². The molecule has 6 aromatic rings. The fourth-order valence-corrected chi connectivity index (χ4v) is 13.2. The fourth-order valence-electron chi connectivity index (χ4n) is 11.9. The van der Waals surface area contributed by atoms with Crippen LogP contribution in [0.5, 0.6) is 0 Å². The van der Waals surface area contributed by atoms with E-state index in [2.05, 4.69) is 37.3 Å². The number of unbranched alkanes of at least 4 members (excludes halogenated alkanes) is 2. The van der Waals surface area contributed by atoms with Gasteiger partial charge in [-0.25, -0.2) is 4.98 Å². The Morgan fingerprint density at radius 1 is 0.860 bits per heavy atom. The molecule has 0 bridgehead atoms. The summed E-state index contributed by atoms with van der Waals surface area (Å²) in [5.41, 5.74) is 13.0. The summed E-state index contributed by atoms with van der Waals surface area (Å²) >= 11 is 1.57. The highest BCUT2D eigenvalue weighted by Gasteiger charge is 2.46. The van der Waals surface area contributed by atoms with Gasteiger partial charge in [-0.1, -0.05) is 93.9 Å². The Labute approximate surface area is 503 Å². The average molecular weight is 1210 g/mol. The van der Waals surface area contributed by atoms with Crippen LogP contribution in [0.2, 0.25) is 0 Å². The molecule has 7 atom stereocenters. The van der Waals surface area contributed by atoms with Gasteiger partial charge < -0.3 is 51.6 Å². The number of amides is 6. The smallest absolute Gasteiger partial charge is 0.391 e. The summed E-state index contributed by atoms with van der Waals surface area (Å²) in [4.78, 5) is 125. The van der Waals surface area contributed by atoms with Crippen LogP contribution in [0.4, 0.5) is 5.69 Å². The van der Waals surface area contributed by atoms with Gasteiger partial charge in [-0.05, 0) is 128 Å². The molecule has 3 aliphatic heterocycles. The monoisotopic (exact) mass is 1210 g/mol. The number of nitrogens with one attached hydrogen (secondary N) is 5. The lowest BCUT2D eigenvalue weighted by molar-refractivity contribution is -0.143. The summed E-state index contributed by atoms with van der Waals surface area (Å²) in [6.07, 6.45) is 3.92. The molecule has 0 radical (unpaired) electrons. The number of aromatic nitrogens is 2. The van der Waals surface area contributed by atoms with Crippen molar-refractivity contribution in [3.8, 4) is 10.4 Å². The molecule has 0 aliphatic carbocycles. The van der Waals surface area contributed by atoms with Crippen molar-refractivity contribution < 1.29 is 58.1 Å². The first kappa shape index (κ1) is 63.1. The quantitative estimate of drug-likeness (QED) is 0.0178. The number of likely N-dealkylation sites (tertiary alicyclic amines) is 1. The fraction of sp³-hybridized carbons (Fsp3) is 0.429. The maximum Gasteiger partial charge on any atom is 0.396 e. The lowest BCUT2D eigenvalue weighted by atomic mass is 9.85. The Hall–Kier alpha value is -7.43. The highest BCUT2D eigenvalue weighted by atomic mass is 32.1. The molecule has 2 aromatic heterocycles. The number of aromatic amines is 1. The van der Waals surface area contributed by atoms with Crippen molar-refractivity contribution in [1.29, 1.82) is 0 Å². The average Bonchev–Trinajstić information content (AvgIpc) is 1.69. The maximum absolute atomic E-state index is 14.6. The first-order valence-corrected chi connectivity index (χ1v) is 31.7. The molecule has 1 saturated heterocycles. The number of aryl methyl sites for hydroxylation is 4. The number of carbonyl (C=O) groups is 7. The molecule has 9 rings (SSSR count). The summed E-state index contributed by atoms with van der Waals surface area (Å²) in [6, 6.07) is 22.9. The van der Waals surface area contributed by atoms with Crippen LogP contribution in [0, 0.1) is 12.3 Å². The Morgan fingerprint density at radius 3 is 2.30 bits per heavy atom. The minimum absolute atomic E-state index is 0.00558. The van der Waals surface area contributed by atoms with Crippen molar-refractivity contribution in [2.45, 2.75) is 160 Å². The number of thiazole rings is 1. The molecule has 6 amide bonds. The lowest BCUT2D eigenvalue weighted by Crippen LogP contribution is -2.58. The molecule has 23 heteroatoms. The third-order valence-corrected chi connectivity index (χ3v) is 18.2. The van der Waals surface area contributed by atoms with E-state index in [1.165, 1.54) is 34.1 Å². The first-order chi connectivity index (χ1) is 40.9. The molecule has 1 fully saturated rings. The maximum atomic E-state index is 14.6. The van der Waals surface area contributed by atoms with Crippen LogP contribution >= 0.6 is 18.9 Å². The van der Waals surface area contributed by atoms with E-state index >= 15 is 0 Å². The van der Waals surface area contributed by atoms with E-state index in [0.29, 0.717) is 48.7 Å². The highest BCUT2D eigenvalue weighted by Crippen LogP contribution is 2.41. The first-order valence-electron chi connectivity index (χ1n) is 29.3. The van der Waals surface area contributed by atoms with Crippen LogP contribution in [-0.2, 0) is 60.8 Å². The topological polar surface area (TPSA) is 327 Å². The SMILES string of the molecule is Cc1ncsc1-c1ccc(CNC(=O)[C@@H]2C[C@@H](O)CN2C(=O)[C@@H](NC(O)CCCCCc2cccc(CC[C@H](CCC(N)=O)NC(=O)[C@@H]3Cc4cccc5c4N3C(=O)[C@@H](NC(=O)c3cc4cc(C(=O)P(=O)(O)O)ccc4[nH]3)CC5)c2)C(C)(C)C)cc1. The Bertz CT molecular complexity index is 3560. The van der Waals surface area contributed by atoms with Crippen LogP contribution in [-0.4, -0.2) is 125 Å². The zero-order chi connectivity index (χ0) is 61.6. The van der Waals surface area contributed by atoms with E-state index in [1.807, 2.05) is 93.9 Å². The number of hydrogen-bond acceptors (Lipinski definition) is 13. The van der Waals surface area contributed by atoms with E-state index in [9.17, 15) is 58.1 Å². The minimum atomic E-state index is -5.05. The van der Waals surface area contributed by atoms with Crippen molar-refractivity contribution in [3.63, 3.8) is 0 Å². The minimum Gasteiger partial charge on any atom is -0.391 e. The number of fused-ring (bicyclic) bond motifs is 1. The number of nitrogens with zero attached hydrogens (tertiary/aromatic N) is 3. The van der Waals surface area contributed by atoms with Gasteiger partial charge in [0.25, 0.3) is 11.4 Å². The van der Waals surface area contributed by atoms with Gasteiger partial charge in [0, 0.05) is 54.9 Å². The number of para-hydroxylation sites is 1. The summed E-state index contributed by atoms with van der Waals surface area (Å²) in [5.74, 6) is -2.75. The summed E-state index contributed by atoms with van der Waals surface area (Å²) in [7, 11) is -5.05. The number of carbonyl (C=O) groups excluding carboxylic acids is 7. The number of primary amides is 1. The van der Waals surface area contributed by atoms with E-state index in [4.69, 9.17) is 5.73 Å². The Balaban J connectivity index is 0.754. The summed E-state index contributed by atoms with van der Waals surface area (Å²) < 4.78 is 11.6. The zero-order valence-corrected chi connectivity index (χ0v) is 50.4. The van der Waals surface area contributed by atoms with Crippen LogP contribution in [0.25, 0.3) is 21.3 Å². The second kappa shape index (κ2) is 27.1. The van der Waals surface area contributed by atoms with E-state index in [1.54, 1.807) is 11.3 Å². The van der Waals surface area contributed by atoms with Crippen LogP contribution < -0.4 is 31.9 Å². The normalized spacial score (nSPS) is 18.7. The van der Waals surface area contributed by atoms with Crippen molar-refractivity contribution in [2.24, 2.45) is 11.1 Å². The molecular formula is C63H76N9O12PS. The van der Waals surface area contributed by atoms with E-state index in [-0.39, 0.29) is 68.3 Å². The van der Waals surface area contributed by atoms with E-state index in [0.717, 1.165) is 63.2 Å². The van der Waals surface area contributed by atoms with Crippen LogP contribution in [0.15, 0.2) is 96.5 Å². The molecule has 456 valence electrons. The van der Waals surface area contributed by atoms with Gasteiger partial charge in [-0.2, -0.15) is 0 Å². The van der Waals surface area contributed by atoms with Crippen molar-refractivity contribution >= 4 is 76.5 Å². The lowest BCUT2D eigenvalue weighted by Gasteiger charge is -2.36. The van der Waals surface area contributed by atoms with Gasteiger partial charge in [0.05, 0.1) is 33.9 Å². The van der Waals surface area contributed by atoms with Gasteiger partial charge in [0.15, 0.2) is 0 Å². The number of nitrogens with two attached hydrogens (primary N) is 1. The molecule has 86 heavy (non-hydrogen) atoms. The predicted molar refractivity (Wildman–Crippen MR) is 326 cm³/mol. The molecule has 21 nitrogen and oxygen atoms in total. The van der Waals surface area contributed by atoms with Gasteiger partial charge in [-0.15, -0.1) is 11.3 Å². The molecule has 5 heterocycles. The highest BCUT2D eigenvalue weighted by molar-refractivity contribution is 7.70. The number of H-pyrrole nitrogens is 1. The zero-order valence-electron chi connectivity index (χ0n) is 48.7. The number of hydrogen-bond donors (Lipinski definition) is 10. The number of anilines is 1. The van der Waals surface area contributed by atoms with Crippen LogP contribution in [0.3, 0.4) is 0 Å². The summed E-state index contributed by atoms with van der Waals surface area (Å²) in [5, 5.41) is 34.4. The standard InChI is InChI=1S/C63H76N9O12PS/c1-36-55(86-35-66-36)41-19-16-39(17-20-41)33-65-58(77)50-32-46(73)34-71(50)61(80)56(63(2,3)4)70-53(75)15-7-5-6-10-37-11-8-12-38(28-37)18-23-45(24-27-52(64)74)67-59(78)51-31-42-14-9-13-40-21-26-48(60(79)72(51)54(40)42)69-57(76)49-30-44-29-43(22-25-47(44)68-49)62(81)85(82,83)84/h8-9,11-14,16-17,19-20,22,25,28-30,35,45-46,48,50-51,53,56,68,70,73,75H,5-7,10,15,18,21,23-24,26-27,31-34H2,1-4H3,(H2,64,74)(H,65,77)(H,67,78)(H,69,76)(H2,82,83,84)/t45-,46-,48+,50+,51+,53?,56-/m1/s1. The van der Waals surface area contributed by atoms with Crippen molar-refractivity contribution in [1.82, 2.24) is 36.1 Å². The molecule has 1 unspecified atom stereocenters. The van der Waals surface area contributed by atoms with Crippen LogP contribution in [0.1, 0.15) is 133 Å². The largest absolute Gasteiger partial charge is 0.396 e. The van der Waals surface area contributed by atoms with Gasteiger partial charge in [-0.3, -0.25) is 48.3 Å². The number of rotatable bonds is 25. The number of β-amino-alcohol motifs (C(OH)–C–C–N with tert-alkyl or cyclic N) is 1. The Kier molecular flexibility index (Phi) is 19.9. The number of benzene rings is 4. The summed E-state index contributed by atoms with van der Waals surface area (Å²) in [6.45, 7) is 7.91. The second-order valence-corrected chi connectivity index (χ2v) is 26.3. The number of aliphatic hydroxyl groups is 2. The Morgan fingerprint density at radius 2 is 1.59 bits per heavy atom. The van der Waals surface area contributed by atoms with E-state index < -0.39 is 84.7 Å². The second-order valence-electron chi connectivity index (χ2n) is 24.0. The van der Waals surface area contributed by atoms with Gasteiger partial charge >= 0.3 is 7.60 Å². The third kappa shape index (κ3) is 15.2. The van der Waals surface area contributed by atoms with Gasteiger partial charge in [0.1, 0.15) is 30.0 Å². The molecule has 0 spiro atoms. The van der Waals surface area contributed by atoms with Gasteiger partial charge in [0.2, 0.25) is 29.5 Å². The number of aliphatic hydroxyl groups excluding tert-OH is 2. The molecule has 0 saturated carbocycles. The molecule has 3 aliphatic rings. The molecule has 4 aromatic carbocycles. The molecule has 11 N–H and O–H groups in total. The van der Waals surface area contributed by atoms with Crippen molar-refractivity contribution in [3.05, 3.63) is 141 Å². The predicted octanol–water partition coefficient (Wildman–Crippen LogP) is 6.01. The third-order valence-electron chi connectivity index (χ3n) is 16.5. The molecular weight excluding hydrogens is 1140 g/mol.